The summed E-state index contributed by atoms with van der Waals surface area (Å²) < 4.78 is 2.50. The second-order valence-electron chi connectivity index (χ2n) is 3.61. The number of nitrogens with zero attached hydrogens (tertiary/aromatic N) is 3. The molecule has 6 nitrogen and oxygen atoms in total. The van der Waals surface area contributed by atoms with Gasteiger partial charge >= 0.3 is 5.97 Å². The molecular formula is C11H11BrN4O2. The van der Waals surface area contributed by atoms with Crippen LogP contribution < -0.4 is 5.32 Å². The minimum atomic E-state index is -1.07. The van der Waals surface area contributed by atoms with E-state index < -0.39 is 5.97 Å². The fraction of sp³-hybridized carbons (Fsp3) is 0.182. The minimum Gasteiger partial charge on any atom is -0.476 e. The maximum absolute atomic E-state index is 10.6. The monoisotopic (exact) mass is 310 g/mol. The number of aromatic nitrogens is 3. The van der Waals surface area contributed by atoms with Crippen LogP contribution in [0.2, 0.25) is 0 Å². The van der Waals surface area contributed by atoms with Crippen molar-refractivity contribution >= 4 is 27.6 Å². The molecule has 1 aromatic heterocycles. The Bertz CT molecular complexity index is 555. The largest absolute Gasteiger partial charge is 0.476 e. The molecule has 1 heterocycles. The normalized spacial score (nSPS) is 10.3. The SMILES string of the molecule is O=C(O)c1cn(CCNc2cccc(Br)c2)nn1. The van der Waals surface area contributed by atoms with E-state index in [1.807, 2.05) is 24.3 Å². The number of hydrogen-bond donors (Lipinski definition) is 2. The summed E-state index contributed by atoms with van der Waals surface area (Å²) in [6.07, 6.45) is 1.41. The van der Waals surface area contributed by atoms with Crippen LogP contribution >= 0.6 is 15.9 Å². The molecule has 18 heavy (non-hydrogen) atoms. The van der Waals surface area contributed by atoms with Gasteiger partial charge in [0.05, 0.1) is 12.7 Å². The second-order valence-corrected chi connectivity index (χ2v) is 4.52. The molecule has 94 valence electrons. The molecule has 0 radical (unpaired) electrons. The summed E-state index contributed by atoms with van der Waals surface area (Å²) in [5, 5.41) is 19.2. The maximum Gasteiger partial charge on any atom is 0.358 e. The minimum absolute atomic E-state index is 0.0440. The summed E-state index contributed by atoms with van der Waals surface area (Å²) in [6, 6.07) is 7.80. The number of rotatable bonds is 5. The van der Waals surface area contributed by atoms with Gasteiger partial charge in [0, 0.05) is 16.7 Å². The van der Waals surface area contributed by atoms with Crippen LogP contribution in [0, 0.1) is 0 Å². The van der Waals surface area contributed by atoms with Crippen LogP contribution in [0.25, 0.3) is 0 Å². The quantitative estimate of drug-likeness (QED) is 0.881. The van der Waals surface area contributed by atoms with Gasteiger partial charge in [0.25, 0.3) is 0 Å². The van der Waals surface area contributed by atoms with Crippen molar-refractivity contribution in [2.24, 2.45) is 0 Å². The third kappa shape index (κ3) is 3.30. The first-order valence-corrected chi connectivity index (χ1v) is 6.07. The van der Waals surface area contributed by atoms with Crippen molar-refractivity contribution in [2.75, 3.05) is 11.9 Å². The topological polar surface area (TPSA) is 80.0 Å². The van der Waals surface area contributed by atoms with Crippen LogP contribution in [-0.2, 0) is 6.54 Å². The van der Waals surface area contributed by atoms with Gasteiger partial charge in [-0.25, -0.2) is 9.48 Å². The molecular weight excluding hydrogens is 300 g/mol. The van der Waals surface area contributed by atoms with Gasteiger partial charge in [0.1, 0.15) is 0 Å². The Balaban J connectivity index is 1.86. The average Bonchev–Trinajstić information content (AvgIpc) is 2.78. The lowest BCUT2D eigenvalue weighted by atomic mass is 10.3. The molecule has 1 aromatic carbocycles. The Morgan fingerprint density at radius 3 is 3.00 bits per heavy atom. The van der Waals surface area contributed by atoms with E-state index in [-0.39, 0.29) is 5.69 Å². The molecule has 0 saturated heterocycles. The van der Waals surface area contributed by atoms with Crippen LogP contribution in [0.3, 0.4) is 0 Å². The van der Waals surface area contributed by atoms with Crippen LogP contribution in [-0.4, -0.2) is 32.6 Å². The van der Waals surface area contributed by atoms with E-state index in [9.17, 15) is 4.79 Å². The lowest BCUT2D eigenvalue weighted by molar-refractivity contribution is 0.0690. The molecule has 2 aromatic rings. The second kappa shape index (κ2) is 5.63. The molecule has 0 spiro atoms. The summed E-state index contributed by atoms with van der Waals surface area (Å²) >= 11 is 3.39. The molecule has 0 fully saturated rings. The van der Waals surface area contributed by atoms with Crippen molar-refractivity contribution in [1.82, 2.24) is 15.0 Å². The highest BCUT2D eigenvalue weighted by Gasteiger charge is 2.07. The van der Waals surface area contributed by atoms with Crippen LogP contribution in [0.15, 0.2) is 34.9 Å². The summed E-state index contributed by atoms with van der Waals surface area (Å²) in [7, 11) is 0. The fourth-order valence-electron chi connectivity index (χ4n) is 1.42. The highest BCUT2D eigenvalue weighted by molar-refractivity contribution is 9.10. The molecule has 0 saturated carbocycles. The van der Waals surface area contributed by atoms with Crippen LogP contribution in [0.4, 0.5) is 5.69 Å². The van der Waals surface area contributed by atoms with Gasteiger partial charge in [0.15, 0.2) is 5.69 Å². The Labute approximate surface area is 112 Å². The smallest absolute Gasteiger partial charge is 0.358 e. The van der Waals surface area contributed by atoms with E-state index in [2.05, 4.69) is 31.6 Å². The van der Waals surface area contributed by atoms with Crippen molar-refractivity contribution in [2.45, 2.75) is 6.54 Å². The molecule has 7 heteroatoms. The molecule has 0 aliphatic rings. The first kappa shape index (κ1) is 12.6. The van der Waals surface area contributed by atoms with E-state index in [4.69, 9.17) is 5.11 Å². The van der Waals surface area contributed by atoms with Gasteiger partial charge in [-0.2, -0.15) is 0 Å². The summed E-state index contributed by atoms with van der Waals surface area (Å²) in [4.78, 5) is 10.6. The number of benzene rings is 1. The average molecular weight is 311 g/mol. The van der Waals surface area contributed by atoms with Crippen molar-refractivity contribution in [1.29, 1.82) is 0 Å². The van der Waals surface area contributed by atoms with Gasteiger partial charge in [-0.1, -0.05) is 27.2 Å². The molecule has 0 bridgehead atoms. The highest BCUT2D eigenvalue weighted by Crippen LogP contribution is 2.15. The Morgan fingerprint density at radius 2 is 2.33 bits per heavy atom. The number of carbonyl (C=O) groups is 1. The van der Waals surface area contributed by atoms with Gasteiger partial charge in [-0.3, -0.25) is 0 Å². The van der Waals surface area contributed by atoms with Crippen molar-refractivity contribution in [3.05, 3.63) is 40.6 Å². The summed E-state index contributed by atoms with van der Waals surface area (Å²) in [6.45, 7) is 1.19. The molecule has 0 aliphatic carbocycles. The van der Waals surface area contributed by atoms with Gasteiger partial charge in [0.2, 0.25) is 0 Å². The fourth-order valence-corrected chi connectivity index (χ4v) is 1.82. The molecule has 0 amide bonds. The van der Waals surface area contributed by atoms with E-state index in [0.29, 0.717) is 13.1 Å². The summed E-state index contributed by atoms with van der Waals surface area (Å²) in [5.74, 6) is -1.07. The van der Waals surface area contributed by atoms with E-state index >= 15 is 0 Å². The zero-order valence-corrected chi connectivity index (χ0v) is 11.0. The number of carboxylic acid groups (broad SMARTS) is 1. The third-order valence-corrected chi connectivity index (χ3v) is 2.75. The zero-order chi connectivity index (χ0) is 13.0. The number of hydrogen-bond acceptors (Lipinski definition) is 4. The van der Waals surface area contributed by atoms with Gasteiger partial charge in [-0.05, 0) is 18.2 Å². The Kier molecular flexibility index (Phi) is 3.93. The van der Waals surface area contributed by atoms with E-state index in [0.717, 1.165) is 10.2 Å². The lowest BCUT2D eigenvalue weighted by Gasteiger charge is -2.06. The van der Waals surface area contributed by atoms with Crippen molar-refractivity contribution in [3.8, 4) is 0 Å². The molecule has 2 N–H and O–H groups in total. The van der Waals surface area contributed by atoms with E-state index in [1.54, 1.807) is 0 Å². The third-order valence-electron chi connectivity index (χ3n) is 2.25. The Morgan fingerprint density at radius 1 is 1.50 bits per heavy atom. The standard InChI is InChI=1S/C11H11BrN4O2/c12-8-2-1-3-9(6-8)13-4-5-16-7-10(11(17)18)14-15-16/h1-3,6-7,13H,4-5H2,(H,17,18). The first-order chi connectivity index (χ1) is 8.65. The predicted octanol–water partition coefficient (Wildman–Crippen LogP) is 1.85. The molecule has 0 unspecified atom stereocenters. The Hall–Kier alpha value is -1.89. The number of anilines is 1. The number of halogens is 1. The first-order valence-electron chi connectivity index (χ1n) is 5.28. The van der Waals surface area contributed by atoms with E-state index in [1.165, 1.54) is 10.9 Å². The summed E-state index contributed by atoms with van der Waals surface area (Å²) in [5.41, 5.74) is 0.945. The van der Waals surface area contributed by atoms with Crippen molar-refractivity contribution in [3.63, 3.8) is 0 Å². The number of nitrogens with one attached hydrogen (secondary N) is 1. The van der Waals surface area contributed by atoms with Gasteiger partial charge in [-0.15, -0.1) is 5.10 Å². The highest BCUT2D eigenvalue weighted by atomic mass is 79.9. The predicted molar refractivity (Wildman–Crippen MR) is 69.6 cm³/mol. The lowest BCUT2D eigenvalue weighted by Crippen LogP contribution is -2.11. The van der Waals surface area contributed by atoms with Crippen LogP contribution in [0.1, 0.15) is 10.5 Å². The maximum atomic E-state index is 10.6. The number of carboxylic acids is 1. The van der Waals surface area contributed by atoms with Crippen LogP contribution in [0.5, 0.6) is 0 Å². The zero-order valence-electron chi connectivity index (χ0n) is 9.38. The molecule has 2 rings (SSSR count). The van der Waals surface area contributed by atoms with Gasteiger partial charge < -0.3 is 10.4 Å². The van der Waals surface area contributed by atoms with Crippen molar-refractivity contribution < 1.29 is 9.90 Å². The number of aromatic carboxylic acids is 1. The molecule has 0 aliphatic heterocycles. The molecule has 0 atom stereocenters.